The lowest BCUT2D eigenvalue weighted by molar-refractivity contribution is 0.151. The van der Waals surface area contributed by atoms with Crippen molar-refractivity contribution in [2.75, 3.05) is 6.61 Å². The van der Waals surface area contributed by atoms with Crippen molar-refractivity contribution in [2.24, 2.45) is 0 Å². The molecular weight excluding hydrogens is 194 g/mol. The van der Waals surface area contributed by atoms with Gasteiger partial charge in [-0.25, -0.2) is 4.79 Å². The van der Waals surface area contributed by atoms with Crippen molar-refractivity contribution in [2.45, 2.75) is 13.8 Å². The molecule has 1 aromatic carbocycles. The van der Waals surface area contributed by atoms with Crippen LogP contribution in [0.1, 0.15) is 12.5 Å². The van der Waals surface area contributed by atoms with Crippen LogP contribution >= 0.6 is 0 Å². The van der Waals surface area contributed by atoms with E-state index in [4.69, 9.17) is 4.74 Å². The Hall–Kier alpha value is -1.91. The number of aryl methyl sites for hydroxylation is 1. The van der Waals surface area contributed by atoms with E-state index in [-0.39, 0.29) is 0 Å². The minimum Gasteiger partial charge on any atom is -0.448 e. The number of nitrogens with zero attached hydrogens (tertiary/aromatic N) is 3. The van der Waals surface area contributed by atoms with Crippen molar-refractivity contribution in [1.82, 2.24) is 15.0 Å². The Kier molecular flexibility index (Phi) is 2.37. The van der Waals surface area contributed by atoms with Crippen molar-refractivity contribution in [3.8, 4) is 0 Å². The molecule has 0 aliphatic carbocycles. The molecule has 0 aliphatic heterocycles. The van der Waals surface area contributed by atoms with E-state index in [1.807, 2.05) is 25.1 Å². The molecule has 0 saturated heterocycles. The van der Waals surface area contributed by atoms with E-state index in [9.17, 15) is 4.79 Å². The Labute approximate surface area is 86.6 Å². The van der Waals surface area contributed by atoms with Gasteiger partial charge in [-0.05, 0) is 31.5 Å². The third-order valence-electron chi connectivity index (χ3n) is 2.04. The molecule has 0 saturated carbocycles. The maximum Gasteiger partial charge on any atom is 0.436 e. The first-order valence-electron chi connectivity index (χ1n) is 4.71. The fourth-order valence-electron chi connectivity index (χ4n) is 1.35. The maximum absolute atomic E-state index is 11.4. The predicted octanol–water partition coefficient (Wildman–Crippen LogP) is 1.74. The SMILES string of the molecule is CCOC(=O)n1nnc2cc(C)ccc21. The topological polar surface area (TPSA) is 57.0 Å². The zero-order valence-corrected chi connectivity index (χ0v) is 8.60. The van der Waals surface area contributed by atoms with E-state index in [2.05, 4.69) is 10.3 Å². The summed E-state index contributed by atoms with van der Waals surface area (Å²) in [7, 11) is 0. The van der Waals surface area contributed by atoms with E-state index >= 15 is 0 Å². The standard InChI is InChI=1S/C10H11N3O2/c1-3-15-10(14)13-9-5-4-7(2)6-8(9)11-12-13/h4-6H,3H2,1-2H3. The van der Waals surface area contributed by atoms with E-state index in [1.165, 1.54) is 0 Å². The maximum atomic E-state index is 11.4. The zero-order chi connectivity index (χ0) is 10.8. The average Bonchev–Trinajstić information content (AvgIpc) is 2.60. The lowest BCUT2D eigenvalue weighted by atomic mass is 10.2. The normalized spacial score (nSPS) is 10.5. The summed E-state index contributed by atoms with van der Waals surface area (Å²) in [6.07, 6.45) is -0.496. The summed E-state index contributed by atoms with van der Waals surface area (Å²) in [6.45, 7) is 4.04. The third-order valence-corrected chi connectivity index (χ3v) is 2.04. The molecule has 0 unspecified atom stereocenters. The van der Waals surface area contributed by atoms with Gasteiger partial charge in [-0.3, -0.25) is 0 Å². The largest absolute Gasteiger partial charge is 0.448 e. The molecule has 0 bridgehead atoms. The molecule has 78 valence electrons. The Morgan fingerprint density at radius 1 is 1.53 bits per heavy atom. The molecule has 5 nitrogen and oxygen atoms in total. The molecular formula is C10H11N3O2. The van der Waals surface area contributed by atoms with Gasteiger partial charge in [-0.1, -0.05) is 11.3 Å². The summed E-state index contributed by atoms with van der Waals surface area (Å²) in [5.74, 6) is 0. The van der Waals surface area contributed by atoms with E-state index in [1.54, 1.807) is 6.92 Å². The summed E-state index contributed by atoms with van der Waals surface area (Å²) in [4.78, 5) is 11.4. The van der Waals surface area contributed by atoms with Crippen LogP contribution in [0, 0.1) is 6.92 Å². The number of hydrogen-bond acceptors (Lipinski definition) is 4. The van der Waals surface area contributed by atoms with Crippen LogP contribution in [0.2, 0.25) is 0 Å². The van der Waals surface area contributed by atoms with Crippen molar-refractivity contribution >= 4 is 17.1 Å². The summed E-state index contributed by atoms with van der Waals surface area (Å²) in [5, 5.41) is 7.64. The lowest BCUT2D eigenvalue weighted by Gasteiger charge is -2.00. The van der Waals surface area contributed by atoms with Gasteiger partial charge in [0.15, 0.2) is 0 Å². The predicted molar refractivity (Wildman–Crippen MR) is 54.7 cm³/mol. The molecule has 0 N–H and O–H groups in total. The second kappa shape index (κ2) is 3.68. The molecule has 0 aliphatic rings. The van der Waals surface area contributed by atoms with Crippen LogP contribution in [0.4, 0.5) is 4.79 Å². The fourth-order valence-corrected chi connectivity index (χ4v) is 1.35. The highest BCUT2D eigenvalue weighted by atomic mass is 16.6. The average molecular weight is 205 g/mol. The van der Waals surface area contributed by atoms with Crippen LogP contribution < -0.4 is 0 Å². The van der Waals surface area contributed by atoms with Crippen molar-refractivity contribution in [1.29, 1.82) is 0 Å². The Morgan fingerprint density at radius 3 is 3.07 bits per heavy atom. The number of rotatable bonds is 1. The van der Waals surface area contributed by atoms with Crippen LogP contribution in [0.5, 0.6) is 0 Å². The molecule has 1 aromatic heterocycles. The van der Waals surface area contributed by atoms with Gasteiger partial charge in [0.05, 0.1) is 6.61 Å². The highest BCUT2D eigenvalue weighted by molar-refractivity contribution is 5.85. The summed E-state index contributed by atoms with van der Waals surface area (Å²) in [5.41, 5.74) is 2.44. The molecule has 0 radical (unpaired) electrons. The molecule has 1 heterocycles. The van der Waals surface area contributed by atoms with Gasteiger partial charge in [0.25, 0.3) is 0 Å². The number of ether oxygens (including phenoxy) is 1. The Balaban J connectivity index is 2.49. The third kappa shape index (κ3) is 1.68. The van der Waals surface area contributed by atoms with Gasteiger partial charge < -0.3 is 4.74 Å². The molecule has 0 atom stereocenters. The van der Waals surface area contributed by atoms with Crippen LogP contribution in [-0.4, -0.2) is 27.7 Å². The van der Waals surface area contributed by atoms with Gasteiger partial charge in [0.2, 0.25) is 0 Å². The van der Waals surface area contributed by atoms with Crippen LogP contribution in [0.15, 0.2) is 18.2 Å². The number of hydrogen-bond donors (Lipinski definition) is 0. The van der Waals surface area contributed by atoms with E-state index in [0.29, 0.717) is 17.6 Å². The Bertz CT molecular complexity index is 504. The Morgan fingerprint density at radius 2 is 2.33 bits per heavy atom. The van der Waals surface area contributed by atoms with Gasteiger partial charge in [0, 0.05) is 0 Å². The minimum atomic E-state index is -0.496. The monoisotopic (exact) mass is 205 g/mol. The molecule has 0 fully saturated rings. The van der Waals surface area contributed by atoms with Crippen LogP contribution in [-0.2, 0) is 4.74 Å². The summed E-state index contributed by atoms with van der Waals surface area (Å²) >= 11 is 0. The van der Waals surface area contributed by atoms with Crippen LogP contribution in [0.25, 0.3) is 11.0 Å². The highest BCUT2D eigenvalue weighted by Crippen LogP contribution is 2.12. The summed E-state index contributed by atoms with van der Waals surface area (Å²) < 4.78 is 6.01. The molecule has 2 rings (SSSR count). The molecule has 5 heteroatoms. The number of aromatic nitrogens is 3. The number of carbonyl (C=O) groups excluding carboxylic acids is 1. The first-order valence-corrected chi connectivity index (χ1v) is 4.71. The highest BCUT2D eigenvalue weighted by Gasteiger charge is 2.11. The van der Waals surface area contributed by atoms with Crippen molar-refractivity contribution < 1.29 is 9.53 Å². The number of carbonyl (C=O) groups is 1. The first kappa shape index (κ1) is 9.64. The van der Waals surface area contributed by atoms with E-state index < -0.39 is 6.09 Å². The fraction of sp³-hybridized carbons (Fsp3) is 0.300. The molecule has 15 heavy (non-hydrogen) atoms. The first-order chi connectivity index (χ1) is 7.22. The number of benzene rings is 1. The van der Waals surface area contributed by atoms with Crippen molar-refractivity contribution in [3.05, 3.63) is 23.8 Å². The second-order valence-corrected chi connectivity index (χ2v) is 3.19. The van der Waals surface area contributed by atoms with E-state index in [0.717, 1.165) is 10.2 Å². The van der Waals surface area contributed by atoms with Crippen LogP contribution in [0.3, 0.4) is 0 Å². The quantitative estimate of drug-likeness (QED) is 0.711. The lowest BCUT2D eigenvalue weighted by Crippen LogP contribution is -2.14. The minimum absolute atomic E-state index is 0.325. The van der Waals surface area contributed by atoms with Gasteiger partial charge >= 0.3 is 6.09 Å². The van der Waals surface area contributed by atoms with Crippen molar-refractivity contribution in [3.63, 3.8) is 0 Å². The van der Waals surface area contributed by atoms with Gasteiger partial charge in [0.1, 0.15) is 11.0 Å². The molecule has 2 aromatic rings. The summed E-state index contributed by atoms with van der Waals surface area (Å²) in [6, 6.07) is 5.58. The van der Waals surface area contributed by atoms with Gasteiger partial charge in [-0.15, -0.1) is 9.78 Å². The number of fused-ring (bicyclic) bond motifs is 1. The molecule has 0 amide bonds. The van der Waals surface area contributed by atoms with Gasteiger partial charge in [-0.2, -0.15) is 0 Å². The molecule has 0 spiro atoms. The zero-order valence-electron chi connectivity index (χ0n) is 8.60. The smallest absolute Gasteiger partial charge is 0.436 e. The second-order valence-electron chi connectivity index (χ2n) is 3.19.